The fraction of sp³-hybridized carbons (Fsp3) is 0.120. The number of halogens is 1. The van der Waals surface area contributed by atoms with Crippen LogP contribution in [0.3, 0.4) is 0 Å². The second-order valence-electron chi connectivity index (χ2n) is 7.26. The van der Waals surface area contributed by atoms with Crippen LogP contribution in [0.25, 0.3) is 22.0 Å². The molecular formula is C25H23ClN4O2S. The van der Waals surface area contributed by atoms with Crippen molar-refractivity contribution in [3.63, 3.8) is 0 Å². The molecule has 0 fully saturated rings. The Bertz CT molecular complexity index is 1320. The summed E-state index contributed by atoms with van der Waals surface area (Å²) in [5.41, 5.74) is 3.43. The number of aromatic nitrogens is 1. The van der Waals surface area contributed by atoms with Crippen molar-refractivity contribution in [3.8, 4) is 11.3 Å². The maximum absolute atomic E-state index is 12.9. The summed E-state index contributed by atoms with van der Waals surface area (Å²) in [6, 6.07) is 22.3. The van der Waals surface area contributed by atoms with Gasteiger partial charge in [-0.1, -0.05) is 35.9 Å². The van der Waals surface area contributed by atoms with E-state index >= 15 is 0 Å². The van der Waals surface area contributed by atoms with Crippen LogP contribution in [0, 0.1) is 0 Å². The molecule has 168 valence electrons. The number of nitrogens with zero attached hydrogens (tertiary/aromatic N) is 2. The quantitative estimate of drug-likeness (QED) is 0.372. The number of carbonyl (C=O) groups is 1. The van der Waals surface area contributed by atoms with Gasteiger partial charge in [0.15, 0.2) is 11.2 Å². The molecule has 0 aliphatic carbocycles. The number of hydrogen-bond acceptors (Lipinski definition) is 3. The van der Waals surface area contributed by atoms with Gasteiger partial charge in [0.05, 0.1) is 11.4 Å². The largest absolute Gasteiger partial charge is 0.322 e. The highest BCUT2D eigenvalue weighted by molar-refractivity contribution is 7.84. The molecule has 0 radical (unpaired) electrons. The molecule has 0 saturated heterocycles. The van der Waals surface area contributed by atoms with Gasteiger partial charge in [-0.2, -0.15) is 0 Å². The van der Waals surface area contributed by atoms with Gasteiger partial charge in [0.2, 0.25) is 0 Å². The molecule has 0 aliphatic heterocycles. The molecule has 0 aliphatic rings. The second kappa shape index (κ2) is 10.1. The molecule has 1 atom stereocenters. The zero-order chi connectivity index (χ0) is 23.4. The highest BCUT2D eigenvalue weighted by Gasteiger charge is 2.13. The average molecular weight is 479 g/mol. The van der Waals surface area contributed by atoms with E-state index in [1.165, 1.54) is 0 Å². The molecule has 1 heterocycles. The molecule has 2 N–H and O–H groups in total. The van der Waals surface area contributed by atoms with Crippen LogP contribution >= 0.6 is 11.6 Å². The maximum atomic E-state index is 12.9. The number of anilines is 2. The summed E-state index contributed by atoms with van der Waals surface area (Å²) in [6.07, 6.45) is 1.76. The van der Waals surface area contributed by atoms with E-state index in [2.05, 4.69) is 15.0 Å². The Morgan fingerprint density at radius 1 is 1.06 bits per heavy atom. The van der Waals surface area contributed by atoms with Crippen LogP contribution in [-0.2, 0) is 11.2 Å². The summed E-state index contributed by atoms with van der Waals surface area (Å²) in [7, 11) is 1.63. The topological polar surface area (TPSA) is 74.3 Å². The van der Waals surface area contributed by atoms with Gasteiger partial charge in [0.25, 0.3) is 5.91 Å². The third-order valence-electron chi connectivity index (χ3n) is 5.18. The molecule has 0 saturated carbocycles. The van der Waals surface area contributed by atoms with Crippen LogP contribution in [0.15, 0.2) is 79.0 Å². The summed E-state index contributed by atoms with van der Waals surface area (Å²) in [6.45, 7) is 2.48. The molecule has 0 spiro atoms. The summed E-state index contributed by atoms with van der Waals surface area (Å²) in [5, 5.41) is 5.50. The number of hydrogen-bond donors (Lipinski definition) is 2. The monoisotopic (exact) mass is 478 g/mol. The molecule has 4 rings (SSSR count). The van der Waals surface area contributed by atoms with Gasteiger partial charge in [-0.15, -0.1) is 0 Å². The third-order valence-corrected chi connectivity index (χ3v) is 6.62. The molecule has 1 unspecified atom stereocenters. The molecule has 6 nitrogen and oxygen atoms in total. The SMILES string of the molecule is CCN(c1ccc(C(=O)Nc2cc(Cl)cc(-c3nccc4ccccc34)c2)cc1)S(=O)NC. The minimum atomic E-state index is -1.34. The summed E-state index contributed by atoms with van der Waals surface area (Å²) in [4.78, 5) is 17.4. The van der Waals surface area contributed by atoms with Gasteiger partial charge in [0, 0.05) is 40.0 Å². The normalized spacial score (nSPS) is 11.8. The van der Waals surface area contributed by atoms with Gasteiger partial charge < -0.3 is 5.32 Å². The number of carbonyl (C=O) groups excluding carboxylic acids is 1. The van der Waals surface area contributed by atoms with Crippen LogP contribution in [0.5, 0.6) is 0 Å². The lowest BCUT2D eigenvalue weighted by molar-refractivity contribution is 0.102. The molecule has 1 amide bonds. The van der Waals surface area contributed by atoms with E-state index in [1.807, 2.05) is 49.4 Å². The Hall–Kier alpha value is -3.26. The number of rotatable bonds is 7. The van der Waals surface area contributed by atoms with Crippen molar-refractivity contribution in [1.82, 2.24) is 9.71 Å². The van der Waals surface area contributed by atoms with Gasteiger partial charge in [-0.25, -0.2) is 8.93 Å². The van der Waals surface area contributed by atoms with Crippen molar-refractivity contribution in [2.24, 2.45) is 0 Å². The lowest BCUT2D eigenvalue weighted by Crippen LogP contribution is -2.33. The minimum Gasteiger partial charge on any atom is -0.322 e. The lowest BCUT2D eigenvalue weighted by atomic mass is 10.0. The van der Waals surface area contributed by atoms with E-state index in [0.29, 0.717) is 22.8 Å². The standard InChI is InChI=1S/C25H23ClN4O2S/c1-3-30(33(32)27-2)22-10-8-18(9-11-22)25(31)29-21-15-19(14-20(26)16-21)24-23-7-5-4-6-17(23)12-13-28-24/h4-16,27H,3H2,1-2H3,(H,29,31). The maximum Gasteiger partial charge on any atom is 0.255 e. The number of benzene rings is 3. The smallest absolute Gasteiger partial charge is 0.255 e. The summed E-state index contributed by atoms with van der Waals surface area (Å²) in [5.74, 6) is -0.265. The van der Waals surface area contributed by atoms with Crippen LogP contribution in [0.4, 0.5) is 11.4 Å². The van der Waals surface area contributed by atoms with Crippen molar-refractivity contribution < 1.29 is 9.00 Å². The number of amides is 1. The minimum absolute atomic E-state index is 0.265. The van der Waals surface area contributed by atoms with Crippen molar-refractivity contribution >= 4 is 50.8 Å². The molecule has 3 aromatic carbocycles. The number of pyridine rings is 1. The van der Waals surface area contributed by atoms with Gasteiger partial charge in [-0.05, 0) is 67.9 Å². The lowest BCUT2D eigenvalue weighted by Gasteiger charge is -2.20. The first-order chi connectivity index (χ1) is 16.0. The Morgan fingerprint density at radius 3 is 2.55 bits per heavy atom. The van der Waals surface area contributed by atoms with Crippen LogP contribution in [-0.4, -0.2) is 28.7 Å². The van der Waals surface area contributed by atoms with E-state index in [9.17, 15) is 9.00 Å². The Balaban J connectivity index is 1.59. The molecule has 1 aromatic heterocycles. The van der Waals surface area contributed by atoms with Crippen LogP contribution in [0.1, 0.15) is 17.3 Å². The van der Waals surface area contributed by atoms with Crippen LogP contribution < -0.4 is 14.3 Å². The average Bonchev–Trinajstić information content (AvgIpc) is 2.84. The van der Waals surface area contributed by atoms with E-state index in [1.54, 1.807) is 47.9 Å². The highest BCUT2D eigenvalue weighted by Crippen LogP contribution is 2.31. The van der Waals surface area contributed by atoms with E-state index in [-0.39, 0.29) is 5.91 Å². The van der Waals surface area contributed by atoms with E-state index < -0.39 is 11.2 Å². The molecule has 4 aromatic rings. The first-order valence-corrected chi connectivity index (χ1v) is 11.9. The molecular weight excluding hydrogens is 456 g/mol. The zero-order valence-electron chi connectivity index (χ0n) is 18.2. The van der Waals surface area contributed by atoms with E-state index in [0.717, 1.165) is 27.7 Å². The number of nitrogens with one attached hydrogen (secondary N) is 2. The number of fused-ring (bicyclic) bond motifs is 1. The van der Waals surface area contributed by atoms with Gasteiger partial charge in [0.1, 0.15) is 0 Å². The van der Waals surface area contributed by atoms with Crippen molar-refractivity contribution in [3.05, 3.63) is 89.6 Å². The molecule has 33 heavy (non-hydrogen) atoms. The zero-order valence-corrected chi connectivity index (χ0v) is 19.8. The van der Waals surface area contributed by atoms with E-state index in [4.69, 9.17) is 11.6 Å². The van der Waals surface area contributed by atoms with Crippen LogP contribution in [0.2, 0.25) is 5.02 Å². The van der Waals surface area contributed by atoms with Crippen molar-refractivity contribution in [2.75, 3.05) is 23.2 Å². The summed E-state index contributed by atoms with van der Waals surface area (Å²) < 4.78 is 16.5. The second-order valence-corrected chi connectivity index (χ2v) is 9.04. The molecule has 8 heteroatoms. The first kappa shape index (κ1) is 22.9. The van der Waals surface area contributed by atoms with Gasteiger partial charge in [-0.3, -0.25) is 14.1 Å². The fourth-order valence-electron chi connectivity index (χ4n) is 3.64. The Labute approximate surface area is 200 Å². The predicted molar refractivity (Wildman–Crippen MR) is 137 cm³/mol. The predicted octanol–water partition coefficient (Wildman–Crippen LogP) is 5.43. The van der Waals surface area contributed by atoms with Crippen molar-refractivity contribution in [1.29, 1.82) is 0 Å². The Kier molecular flexibility index (Phi) is 7.03. The first-order valence-electron chi connectivity index (χ1n) is 10.4. The van der Waals surface area contributed by atoms with Gasteiger partial charge >= 0.3 is 0 Å². The molecule has 0 bridgehead atoms. The Morgan fingerprint density at radius 2 is 1.82 bits per heavy atom. The summed E-state index contributed by atoms with van der Waals surface area (Å²) >= 11 is 5.04. The fourth-order valence-corrected chi connectivity index (χ4v) is 4.64. The third kappa shape index (κ3) is 5.06. The highest BCUT2D eigenvalue weighted by atomic mass is 35.5. The van der Waals surface area contributed by atoms with Crippen molar-refractivity contribution in [2.45, 2.75) is 6.92 Å².